The summed E-state index contributed by atoms with van der Waals surface area (Å²) in [4.78, 5) is 3.96. The highest BCUT2D eigenvalue weighted by atomic mass is 79.9. The van der Waals surface area contributed by atoms with Crippen molar-refractivity contribution in [1.82, 2.24) is 4.98 Å². The molecule has 0 unspecified atom stereocenters. The second-order valence-corrected chi connectivity index (χ2v) is 4.02. The van der Waals surface area contributed by atoms with Gasteiger partial charge in [0.1, 0.15) is 18.0 Å². The fraction of sp³-hybridized carbons (Fsp3) is 0.444. The highest BCUT2D eigenvalue weighted by molar-refractivity contribution is 9.10. The van der Waals surface area contributed by atoms with E-state index in [1.165, 1.54) is 0 Å². The minimum atomic E-state index is -0.547. The number of rotatable bonds is 2. The molecule has 0 amide bonds. The third-order valence-corrected chi connectivity index (χ3v) is 2.40. The molecule has 76 valence electrons. The Labute approximate surface area is 90.0 Å². The van der Waals surface area contributed by atoms with E-state index in [0.29, 0.717) is 19.0 Å². The van der Waals surface area contributed by atoms with Gasteiger partial charge in [-0.2, -0.15) is 0 Å². The van der Waals surface area contributed by atoms with E-state index in [4.69, 9.17) is 9.47 Å². The summed E-state index contributed by atoms with van der Waals surface area (Å²) in [5, 5.41) is 9.44. The minimum absolute atomic E-state index is 0.286. The molecule has 1 N–H and O–H groups in total. The number of ether oxygens (including phenoxy) is 2. The fourth-order valence-electron chi connectivity index (χ4n) is 1.27. The quantitative estimate of drug-likeness (QED) is 0.861. The first kappa shape index (κ1) is 9.89. The second kappa shape index (κ2) is 4.25. The number of pyridine rings is 1. The van der Waals surface area contributed by atoms with Crippen molar-refractivity contribution in [3.05, 3.63) is 22.9 Å². The molecular weight excluding hydrogens is 250 g/mol. The smallest absolute Gasteiger partial charge is 0.150 e. The van der Waals surface area contributed by atoms with Crippen LogP contribution in [0.15, 0.2) is 22.9 Å². The Morgan fingerprint density at radius 2 is 2.36 bits per heavy atom. The molecule has 0 aromatic carbocycles. The Balaban J connectivity index is 2.03. The van der Waals surface area contributed by atoms with Crippen molar-refractivity contribution in [1.29, 1.82) is 0 Å². The van der Waals surface area contributed by atoms with Gasteiger partial charge in [-0.3, -0.25) is 4.98 Å². The average Bonchev–Trinajstić information content (AvgIpc) is 2.52. The van der Waals surface area contributed by atoms with Crippen LogP contribution in [0.2, 0.25) is 0 Å². The van der Waals surface area contributed by atoms with Crippen LogP contribution < -0.4 is 4.74 Å². The lowest BCUT2D eigenvalue weighted by molar-refractivity contribution is 0.0731. The molecule has 1 fully saturated rings. The zero-order valence-electron chi connectivity index (χ0n) is 7.39. The van der Waals surface area contributed by atoms with Gasteiger partial charge in [-0.15, -0.1) is 0 Å². The Morgan fingerprint density at radius 1 is 1.50 bits per heavy atom. The maximum absolute atomic E-state index is 9.44. The summed E-state index contributed by atoms with van der Waals surface area (Å²) < 4.78 is 11.4. The number of hydrogen-bond acceptors (Lipinski definition) is 4. The van der Waals surface area contributed by atoms with E-state index < -0.39 is 6.10 Å². The van der Waals surface area contributed by atoms with Gasteiger partial charge in [0.2, 0.25) is 0 Å². The lowest BCUT2D eigenvalue weighted by atomic mass is 10.2. The van der Waals surface area contributed by atoms with Crippen molar-refractivity contribution in [3.8, 4) is 5.75 Å². The van der Waals surface area contributed by atoms with Crippen molar-refractivity contribution in [2.45, 2.75) is 12.2 Å². The number of halogens is 1. The minimum Gasteiger partial charge on any atom is -0.484 e. The molecule has 2 heterocycles. The Kier molecular flexibility index (Phi) is 3.00. The lowest BCUT2D eigenvalue weighted by Crippen LogP contribution is -2.29. The maximum Gasteiger partial charge on any atom is 0.150 e. The van der Waals surface area contributed by atoms with E-state index in [2.05, 4.69) is 20.9 Å². The molecule has 14 heavy (non-hydrogen) atoms. The van der Waals surface area contributed by atoms with Gasteiger partial charge in [0.05, 0.1) is 19.4 Å². The molecule has 2 rings (SSSR count). The van der Waals surface area contributed by atoms with E-state index in [1.807, 2.05) is 0 Å². The molecule has 1 aromatic rings. The van der Waals surface area contributed by atoms with Gasteiger partial charge < -0.3 is 14.6 Å². The van der Waals surface area contributed by atoms with Gasteiger partial charge in [-0.05, 0) is 22.0 Å². The Hall–Kier alpha value is -0.650. The number of aromatic nitrogens is 1. The first-order chi connectivity index (χ1) is 6.75. The lowest BCUT2D eigenvalue weighted by Gasteiger charge is -2.14. The van der Waals surface area contributed by atoms with Gasteiger partial charge in [0.15, 0.2) is 0 Å². The summed E-state index contributed by atoms with van der Waals surface area (Å²) >= 11 is 3.29. The number of nitrogens with zero attached hydrogens (tertiary/aromatic N) is 1. The molecule has 0 spiro atoms. The van der Waals surface area contributed by atoms with Crippen LogP contribution in [0.5, 0.6) is 5.75 Å². The first-order valence-corrected chi connectivity index (χ1v) is 5.08. The van der Waals surface area contributed by atoms with Crippen LogP contribution >= 0.6 is 15.9 Å². The molecule has 4 nitrogen and oxygen atoms in total. The van der Waals surface area contributed by atoms with E-state index in [9.17, 15) is 5.11 Å². The van der Waals surface area contributed by atoms with Crippen LogP contribution in [0, 0.1) is 0 Å². The van der Waals surface area contributed by atoms with Crippen LogP contribution in [0.4, 0.5) is 0 Å². The normalized spacial score (nSPS) is 26.4. The van der Waals surface area contributed by atoms with Crippen molar-refractivity contribution >= 4 is 15.9 Å². The predicted molar refractivity (Wildman–Crippen MR) is 53.2 cm³/mol. The van der Waals surface area contributed by atoms with Gasteiger partial charge in [-0.25, -0.2) is 0 Å². The molecule has 1 saturated heterocycles. The zero-order valence-corrected chi connectivity index (χ0v) is 8.98. The van der Waals surface area contributed by atoms with Gasteiger partial charge in [0.25, 0.3) is 0 Å². The molecule has 1 aliphatic rings. The SMILES string of the molecule is O[C@H]1COC[C@H]1Oc1cncc(Br)c1. The molecule has 5 heteroatoms. The summed E-state index contributed by atoms with van der Waals surface area (Å²) in [5.74, 6) is 0.633. The van der Waals surface area contributed by atoms with Gasteiger partial charge in [-0.1, -0.05) is 0 Å². The molecule has 1 aliphatic heterocycles. The van der Waals surface area contributed by atoms with E-state index in [-0.39, 0.29) is 6.10 Å². The van der Waals surface area contributed by atoms with E-state index in [1.54, 1.807) is 18.5 Å². The van der Waals surface area contributed by atoms with Crippen LogP contribution in [-0.2, 0) is 4.74 Å². The second-order valence-electron chi connectivity index (χ2n) is 3.10. The van der Waals surface area contributed by atoms with Gasteiger partial charge >= 0.3 is 0 Å². The number of aliphatic hydroxyl groups is 1. The molecule has 1 aromatic heterocycles. The first-order valence-electron chi connectivity index (χ1n) is 4.29. The Bertz CT molecular complexity index is 321. The van der Waals surface area contributed by atoms with Crippen molar-refractivity contribution < 1.29 is 14.6 Å². The average molecular weight is 260 g/mol. The molecule has 0 radical (unpaired) electrons. The number of hydrogen-bond donors (Lipinski definition) is 1. The van der Waals surface area contributed by atoms with Crippen molar-refractivity contribution in [3.63, 3.8) is 0 Å². The standard InChI is InChI=1S/C9H10BrNO3/c10-6-1-7(3-11-2-6)14-9-5-13-4-8(9)12/h1-3,8-9,12H,4-5H2/t8-,9+/m0/s1. The summed E-state index contributed by atoms with van der Waals surface area (Å²) in [5.41, 5.74) is 0. The van der Waals surface area contributed by atoms with Gasteiger partial charge in [0, 0.05) is 10.7 Å². The third kappa shape index (κ3) is 2.23. The molecule has 0 saturated carbocycles. The summed E-state index contributed by atoms with van der Waals surface area (Å²) in [7, 11) is 0. The topological polar surface area (TPSA) is 51.6 Å². The van der Waals surface area contributed by atoms with Crippen LogP contribution in [0.1, 0.15) is 0 Å². The predicted octanol–water partition coefficient (Wildman–Crippen LogP) is 0.983. The van der Waals surface area contributed by atoms with Crippen LogP contribution in [0.25, 0.3) is 0 Å². The summed E-state index contributed by atoms with van der Waals surface area (Å²) in [6.45, 7) is 0.764. The van der Waals surface area contributed by atoms with Crippen molar-refractivity contribution in [2.75, 3.05) is 13.2 Å². The highest BCUT2D eigenvalue weighted by Crippen LogP contribution is 2.19. The fourth-order valence-corrected chi connectivity index (χ4v) is 1.61. The van der Waals surface area contributed by atoms with Crippen LogP contribution in [-0.4, -0.2) is 35.5 Å². The maximum atomic E-state index is 9.44. The van der Waals surface area contributed by atoms with Crippen molar-refractivity contribution in [2.24, 2.45) is 0 Å². The Morgan fingerprint density at radius 3 is 3.00 bits per heavy atom. The summed E-state index contributed by atoms with van der Waals surface area (Å²) in [6, 6.07) is 1.80. The summed E-state index contributed by atoms with van der Waals surface area (Å²) in [6.07, 6.45) is 2.45. The van der Waals surface area contributed by atoms with E-state index in [0.717, 1.165) is 4.47 Å². The molecule has 0 aliphatic carbocycles. The highest BCUT2D eigenvalue weighted by Gasteiger charge is 2.27. The van der Waals surface area contributed by atoms with Crippen LogP contribution in [0.3, 0.4) is 0 Å². The zero-order chi connectivity index (χ0) is 9.97. The monoisotopic (exact) mass is 259 g/mol. The third-order valence-electron chi connectivity index (χ3n) is 1.97. The molecule has 2 atom stereocenters. The molecular formula is C9H10BrNO3. The van der Waals surface area contributed by atoms with E-state index >= 15 is 0 Å². The number of aliphatic hydroxyl groups excluding tert-OH is 1. The largest absolute Gasteiger partial charge is 0.484 e. The molecule has 0 bridgehead atoms.